The van der Waals surface area contributed by atoms with Crippen molar-refractivity contribution in [2.24, 2.45) is 4.99 Å². The molecule has 210 valence electrons. The van der Waals surface area contributed by atoms with Gasteiger partial charge in [-0.05, 0) is 86.0 Å². The van der Waals surface area contributed by atoms with Gasteiger partial charge in [0, 0.05) is 42.1 Å². The molecule has 1 aliphatic carbocycles. The van der Waals surface area contributed by atoms with Crippen LogP contribution in [0.5, 0.6) is 0 Å². The molecule has 0 radical (unpaired) electrons. The minimum Gasteiger partial charge on any atom is -0.393 e. The van der Waals surface area contributed by atoms with E-state index in [1.54, 1.807) is 24.1 Å². The quantitative estimate of drug-likeness (QED) is 0.316. The maximum atomic E-state index is 13.3. The van der Waals surface area contributed by atoms with Gasteiger partial charge < -0.3 is 20.5 Å². The van der Waals surface area contributed by atoms with Crippen LogP contribution in [0.3, 0.4) is 0 Å². The fourth-order valence-electron chi connectivity index (χ4n) is 4.45. The van der Waals surface area contributed by atoms with E-state index in [0.717, 1.165) is 42.5 Å². The van der Waals surface area contributed by atoms with Crippen molar-refractivity contribution in [2.45, 2.75) is 43.1 Å². The highest BCUT2D eigenvalue weighted by molar-refractivity contribution is 7.97. The predicted octanol–water partition coefficient (Wildman–Crippen LogP) is 4.87. The number of ether oxygens (including phenoxy) is 1. The number of rotatable bonds is 9. The first-order valence-corrected chi connectivity index (χ1v) is 14.3. The molecule has 0 bridgehead atoms. The van der Waals surface area contributed by atoms with Gasteiger partial charge in [0.05, 0.1) is 19.3 Å². The molecule has 0 atom stereocenters. The van der Waals surface area contributed by atoms with Crippen LogP contribution in [0, 0.1) is 5.82 Å². The van der Waals surface area contributed by atoms with Crippen molar-refractivity contribution in [3.63, 3.8) is 0 Å². The fourth-order valence-corrected chi connectivity index (χ4v) is 5.34. The zero-order valence-electron chi connectivity index (χ0n) is 22.2. The number of amides is 1. The number of nitrogens with zero attached hydrogens (tertiary/aromatic N) is 4. The molecular weight excluding hydrogens is 531 g/mol. The van der Waals surface area contributed by atoms with Crippen LogP contribution < -0.4 is 10.6 Å². The van der Waals surface area contributed by atoms with Gasteiger partial charge in [-0.3, -0.25) is 4.79 Å². The topological polar surface area (TPSA) is 112 Å². The Balaban J connectivity index is 1.27. The summed E-state index contributed by atoms with van der Waals surface area (Å²) in [7, 11) is 0. The fraction of sp³-hybridized carbons (Fsp3) is 0.379. The molecule has 1 aromatic heterocycles. The number of carbonyl (C=O) groups is 1. The molecule has 3 aromatic rings. The van der Waals surface area contributed by atoms with Crippen LogP contribution >= 0.6 is 11.9 Å². The SMILES string of the molecule is O=C(Nc1ccc(SN2CCOCC2)cc1)c1cnc(NCCc2ccc(F)cc2)nc1N=C1CCC(O)CC1. The van der Waals surface area contributed by atoms with Gasteiger partial charge in [0.1, 0.15) is 11.4 Å². The van der Waals surface area contributed by atoms with Crippen LogP contribution in [0.15, 0.2) is 64.6 Å². The minimum absolute atomic E-state index is 0.268. The Kier molecular flexibility index (Phi) is 9.72. The number of nitrogens with one attached hydrogen (secondary N) is 2. The van der Waals surface area contributed by atoms with Crippen molar-refractivity contribution in [2.75, 3.05) is 43.5 Å². The highest BCUT2D eigenvalue weighted by atomic mass is 32.2. The molecule has 5 rings (SSSR count). The Labute approximate surface area is 237 Å². The number of aliphatic imine (C=N–C) groups is 1. The third kappa shape index (κ3) is 8.07. The Morgan fingerprint density at radius 1 is 1.10 bits per heavy atom. The molecule has 2 fully saturated rings. The van der Waals surface area contributed by atoms with E-state index >= 15 is 0 Å². The van der Waals surface area contributed by atoms with Gasteiger partial charge in [0.25, 0.3) is 5.91 Å². The normalized spacial score (nSPS) is 17.9. The second kappa shape index (κ2) is 13.8. The lowest BCUT2D eigenvalue weighted by Crippen LogP contribution is -2.30. The molecule has 2 heterocycles. The van der Waals surface area contributed by atoms with Crippen LogP contribution in [0.4, 0.5) is 21.8 Å². The van der Waals surface area contributed by atoms with E-state index in [0.29, 0.717) is 56.1 Å². The molecule has 1 amide bonds. The van der Waals surface area contributed by atoms with E-state index in [4.69, 9.17) is 9.73 Å². The van der Waals surface area contributed by atoms with Gasteiger partial charge in [-0.2, -0.15) is 4.98 Å². The van der Waals surface area contributed by atoms with Gasteiger partial charge in [-0.15, -0.1) is 0 Å². The lowest BCUT2D eigenvalue weighted by Gasteiger charge is -2.25. The summed E-state index contributed by atoms with van der Waals surface area (Å²) in [6, 6.07) is 14.1. The molecule has 1 aliphatic heterocycles. The smallest absolute Gasteiger partial charge is 0.261 e. The average molecular weight is 565 g/mol. The first-order valence-electron chi connectivity index (χ1n) is 13.5. The van der Waals surface area contributed by atoms with Crippen LogP contribution in [0.1, 0.15) is 41.6 Å². The Morgan fingerprint density at radius 2 is 1.82 bits per heavy atom. The van der Waals surface area contributed by atoms with Crippen molar-refractivity contribution < 1.29 is 19.0 Å². The third-order valence-electron chi connectivity index (χ3n) is 6.74. The maximum Gasteiger partial charge on any atom is 0.261 e. The maximum absolute atomic E-state index is 13.3. The van der Waals surface area contributed by atoms with Gasteiger partial charge in [-0.1, -0.05) is 12.1 Å². The van der Waals surface area contributed by atoms with Crippen LogP contribution in [-0.2, 0) is 11.2 Å². The molecule has 11 heteroatoms. The van der Waals surface area contributed by atoms with Crippen LogP contribution in [0.25, 0.3) is 0 Å². The first-order chi connectivity index (χ1) is 19.5. The van der Waals surface area contributed by atoms with E-state index in [-0.39, 0.29) is 23.4 Å². The summed E-state index contributed by atoms with van der Waals surface area (Å²) in [5.74, 6) is 0.0402. The Bertz CT molecular complexity index is 1310. The summed E-state index contributed by atoms with van der Waals surface area (Å²) in [4.78, 5) is 28.0. The molecule has 1 saturated heterocycles. The highest BCUT2D eigenvalue weighted by Gasteiger charge is 2.19. The summed E-state index contributed by atoms with van der Waals surface area (Å²) >= 11 is 1.68. The zero-order valence-corrected chi connectivity index (χ0v) is 23.0. The number of aromatic nitrogens is 2. The predicted molar refractivity (Wildman–Crippen MR) is 155 cm³/mol. The lowest BCUT2D eigenvalue weighted by atomic mass is 9.96. The highest BCUT2D eigenvalue weighted by Crippen LogP contribution is 2.27. The van der Waals surface area contributed by atoms with E-state index in [1.807, 2.05) is 24.3 Å². The first kappa shape index (κ1) is 28.2. The molecule has 40 heavy (non-hydrogen) atoms. The van der Waals surface area contributed by atoms with Crippen molar-refractivity contribution in [3.05, 3.63) is 71.7 Å². The molecule has 2 aromatic carbocycles. The number of aliphatic hydroxyl groups is 1. The van der Waals surface area contributed by atoms with Crippen molar-refractivity contribution in [1.29, 1.82) is 0 Å². The van der Waals surface area contributed by atoms with Gasteiger partial charge in [-0.25, -0.2) is 18.7 Å². The number of hydrogen-bond donors (Lipinski definition) is 3. The number of morpholine rings is 1. The summed E-state index contributed by atoms with van der Waals surface area (Å²) < 4.78 is 20.8. The summed E-state index contributed by atoms with van der Waals surface area (Å²) in [6.07, 6.45) is 4.42. The number of benzene rings is 2. The number of hydrogen-bond acceptors (Lipinski definition) is 9. The van der Waals surface area contributed by atoms with Crippen LogP contribution in [0.2, 0.25) is 0 Å². The van der Waals surface area contributed by atoms with E-state index in [9.17, 15) is 14.3 Å². The molecule has 1 saturated carbocycles. The summed E-state index contributed by atoms with van der Waals surface area (Å²) in [5, 5.41) is 16.0. The van der Waals surface area contributed by atoms with Gasteiger partial charge >= 0.3 is 0 Å². The molecule has 3 N–H and O–H groups in total. The molecule has 0 unspecified atom stereocenters. The van der Waals surface area contributed by atoms with Crippen LogP contribution in [-0.4, -0.2) is 70.0 Å². The van der Waals surface area contributed by atoms with E-state index < -0.39 is 0 Å². The molecule has 0 spiro atoms. The Morgan fingerprint density at radius 3 is 2.55 bits per heavy atom. The monoisotopic (exact) mass is 564 g/mol. The number of halogens is 1. The summed E-state index contributed by atoms with van der Waals surface area (Å²) in [5.41, 5.74) is 2.83. The van der Waals surface area contributed by atoms with Crippen molar-refractivity contribution in [3.8, 4) is 0 Å². The molecule has 2 aliphatic rings. The lowest BCUT2D eigenvalue weighted by molar-refractivity contribution is 0.0773. The molecule has 9 nitrogen and oxygen atoms in total. The number of carbonyl (C=O) groups excluding carboxylic acids is 1. The average Bonchev–Trinajstić information content (AvgIpc) is 2.97. The van der Waals surface area contributed by atoms with Gasteiger partial charge in [0.15, 0.2) is 5.82 Å². The van der Waals surface area contributed by atoms with E-state index in [2.05, 4.69) is 24.9 Å². The van der Waals surface area contributed by atoms with Crippen molar-refractivity contribution >= 4 is 41.0 Å². The molecular formula is C29H33FN6O3S. The second-order valence-corrected chi connectivity index (χ2v) is 10.9. The van der Waals surface area contributed by atoms with Crippen molar-refractivity contribution in [1.82, 2.24) is 14.3 Å². The third-order valence-corrected chi connectivity index (χ3v) is 7.84. The standard InChI is InChI=1S/C29H33FN6O3S/c30-21-3-1-20(2-4-21)13-14-31-29-32-19-26(27(35-29)33-22-5-9-24(37)10-6-22)28(38)34-23-7-11-25(12-8-23)40-36-15-17-39-18-16-36/h1-4,7-8,11-12,19,24,37H,5-6,9-10,13-18H2,(H,34,38)(H,31,32,35). The van der Waals surface area contributed by atoms with Gasteiger partial charge in [0.2, 0.25) is 5.95 Å². The number of anilines is 2. The number of aliphatic hydroxyl groups excluding tert-OH is 1. The Hall–Kier alpha value is -3.38. The largest absolute Gasteiger partial charge is 0.393 e. The minimum atomic E-state index is -0.346. The second-order valence-electron chi connectivity index (χ2n) is 9.75. The summed E-state index contributed by atoms with van der Waals surface area (Å²) in [6.45, 7) is 3.76. The zero-order chi connectivity index (χ0) is 27.7. The van der Waals surface area contributed by atoms with E-state index in [1.165, 1.54) is 18.3 Å².